The molecule has 0 saturated carbocycles. The van der Waals surface area contributed by atoms with Gasteiger partial charge >= 0.3 is 5.69 Å². The van der Waals surface area contributed by atoms with Crippen LogP contribution in [0.2, 0.25) is 0 Å². The molecular formula is C11H18N4O4S. The number of aromatic nitrogens is 2. The number of sulfonamides is 1. The lowest BCUT2D eigenvalue weighted by molar-refractivity contribution is 0.358. The third-order valence-electron chi connectivity index (χ3n) is 3.32. The molecule has 1 fully saturated rings. The van der Waals surface area contributed by atoms with E-state index in [4.69, 9.17) is 0 Å². The zero-order valence-electron chi connectivity index (χ0n) is 10.9. The van der Waals surface area contributed by atoms with Crippen molar-refractivity contribution in [3.05, 3.63) is 27.0 Å². The lowest BCUT2D eigenvalue weighted by Crippen LogP contribution is -2.35. The molecule has 1 saturated heterocycles. The van der Waals surface area contributed by atoms with Gasteiger partial charge in [0.1, 0.15) is 0 Å². The van der Waals surface area contributed by atoms with E-state index in [0.717, 1.165) is 32.1 Å². The molecule has 4 N–H and O–H groups in total. The van der Waals surface area contributed by atoms with Gasteiger partial charge in [-0.25, -0.2) is 17.9 Å². The van der Waals surface area contributed by atoms with E-state index >= 15 is 0 Å². The highest BCUT2D eigenvalue weighted by atomic mass is 32.2. The summed E-state index contributed by atoms with van der Waals surface area (Å²) in [5, 5.41) is 3.26. The lowest BCUT2D eigenvalue weighted by atomic mass is 9.96. The van der Waals surface area contributed by atoms with Crippen LogP contribution in [-0.4, -0.2) is 38.0 Å². The Labute approximate surface area is 116 Å². The van der Waals surface area contributed by atoms with E-state index in [2.05, 4.69) is 15.0 Å². The number of hydrogen-bond donors (Lipinski definition) is 4. The highest BCUT2D eigenvalue weighted by Gasteiger charge is 2.19. The van der Waals surface area contributed by atoms with Gasteiger partial charge in [0, 0.05) is 12.7 Å². The van der Waals surface area contributed by atoms with E-state index in [0.29, 0.717) is 12.3 Å². The molecule has 1 aliphatic heterocycles. The standard InChI is InChI=1S/C11H18N4O4S/c16-10-9(7-13-11(17)15-10)20(18,19)14-5-3-8-2-1-4-12-6-8/h7-8,12,14H,1-6H2,(H2,13,15,16,17). The van der Waals surface area contributed by atoms with Crippen molar-refractivity contribution >= 4 is 10.0 Å². The van der Waals surface area contributed by atoms with Crippen LogP contribution >= 0.6 is 0 Å². The summed E-state index contributed by atoms with van der Waals surface area (Å²) >= 11 is 0. The normalized spacial score (nSPS) is 19.9. The smallest absolute Gasteiger partial charge is 0.316 e. The molecule has 1 aliphatic rings. The molecular weight excluding hydrogens is 284 g/mol. The third kappa shape index (κ3) is 3.78. The Morgan fingerprint density at radius 2 is 2.15 bits per heavy atom. The Balaban J connectivity index is 1.96. The number of H-pyrrole nitrogens is 2. The first kappa shape index (κ1) is 14.9. The maximum absolute atomic E-state index is 11.9. The van der Waals surface area contributed by atoms with Crippen molar-refractivity contribution in [2.45, 2.75) is 24.2 Å². The van der Waals surface area contributed by atoms with E-state index < -0.39 is 26.2 Å². The molecule has 0 aliphatic carbocycles. The van der Waals surface area contributed by atoms with Gasteiger partial charge in [-0.2, -0.15) is 0 Å². The molecule has 112 valence electrons. The van der Waals surface area contributed by atoms with Crippen LogP contribution in [0.25, 0.3) is 0 Å². The Bertz CT molecular complexity index is 657. The van der Waals surface area contributed by atoms with Gasteiger partial charge in [0.05, 0.1) is 0 Å². The molecule has 0 radical (unpaired) electrons. The van der Waals surface area contributed by atoms with Crippen molar-refractivity contribution in [1.82, 2.24) is 20.0 Å². The monoisotopic (exact) mass is 302 g/mol. The molecule has 1 atom stereocenters. The van der Waals surface area contributed by atoms with Gasteiger partial charge in [0.15, 0.2) is 4.90 Å². The van der Waals surface area contributed by atoms with Gasteiger partial charge < -0.3 is 10.3 Å². The molecule has 9 heteroatoms. The summed E-state index contributed by atoms with van der Waals surface area (Å²) in [6.07, 6.45) is 3.80. The molecule has 2 rings (SSSR count). The molecule has 0 amide bonds. The van der Waals surface area contributed by atoms with Crippen molar-refractivity contribution in [1.29, 1.82) is 0 Å². The van der Waals surface area contributed by atoms with Crippen molar-refractivity contribution in [2.24, 2.45) is 5.92 Å². The maximum atomic E-state index is 11.9. The van der Waals surface area contributed by atoms with Gasteiger partial charge in [-0.15, -0.1) is 0 Å². The van der Waals surface area contributed by atoms with Crippen LogP contribution < -0.4 is 21.3 Å². The van der Waals surface area contributed by atoms with Crippen molar-refractivity contribution in [2.75, 3.05) is 19.6 Å². The first-order valence-electron chi connectivity index (χ1n) is 6.51. The van der Waals surface area contributed by atoms with Crippen LogP contribution in [0.5, 0.6) is 0 Å². The SMILES string of the molecule is O=c1[nH]cc(S(=O)(=O)NCCC2CCCNC2)c(=O)[nH]1. The molecule has 2 heterocycles. The maximum Gasteiger partial charge on any atom is 0.325 e. The predicted octanol–water partition coefficient (Wildman–Crippen LogP) is -1.27. The second-order valence-electron chi connectivity index (χ2n) is 4.84. The Kier molecular flexibility index (Phi) is 4.73. The zero-order chi connectivity index (χ0) is 14.6. The van der Waals surface area contributed by atoms with Gasteiger partial charge in [0.2, 0.25) is 10.0 Å². The predicted molar refractivity (Wildman–Crippen MR) is 73.1 cm³/mol. The lowest BCUT2D eigenvalue weighted by Gasteiger charge is -2.22. The summed E-state index contributed by atoms with van der Waals surface area (Å²) in [6, 6.07) is 0. The topological polar surface area (TPSA) is 124 Å². The van der Waals surface area contributed by atoms with Gasteiger partial charge in [-0.3, -0.25) is 9.78 Å². The minimum absolute atomic E-state index is 0.271. The van der Waals surface area contributed by atoms with E-state index in [-0.39, 0.29) is 6.54 Å². The van der Waals surface area contributed by atoms with Crippen molar-refractivity contribution < 1.29 is 8.42 Å². The molecule has 0 bridgehead atoms. The summed E-state index contributed by atoms with van der Waals surface area (Å²) < 4.78 is 26.3. The molecule has 0 spiro atoms. The molecule has 1 aromatic heterocycles. The van der Waals surface area contributed by atoms with Crippen LogP contribution in [0.1, 0.15) is 19.3 Å². The summed E-state index contributed by atoms with van der Waals surface area (Å²) in [7, 11) is -3.89. The highest BCUT2D eigenvalue weighted by molar-refractivity contribution is 7.89. The number of aromatic amines is 2. The number of nitrogens with one attached hydrogen (secondary N) is 4. The Morgan fingerprint density at radius 1 is 1.35 bits per heavy atom. The number of hydrogen-bond acceptors (Lipinski definition) is 5. The fraction of sp³-hybridized carbons (Fsp3) is 0.636. The molecule has 8 nitrogen and oxygen atoms in total. The minimum atomic E-state index is -3.89. The molecule has 1 unspecified atom stereocenters. The van der Waals surface area contributed by atoms with Gasteiger partial charge in [0.25, 0.3) is 5.56 Å². The van der Waals surface area contributed by atoms with E-state index in [1.54, 1.807) is 0 Å². The summed E-state index contributed by atoms with van der Waals surface area (Å²) in [4.78, 5) is 25.9. The average molecular weight is 302 g/mol. The van der Waals surface area contributed by atoms with Crippen LogP contribution in [0.3, 0.4) is 0 Å². The fourth-order valence-corrected chi connectivity index (χ4v) is 3.29. The fourth-order valence-electron chi connectivity index (χ4n) is 2.24. The minimum Gasteiger partial charge on any atom is -0.316 e. The first-order chi connectivity index (χ1) is 9.49. The summed E-state index contributed by atoms with van der Waals surface area (Å²) in [5.74, 6) is 0.445. The van der Waals surface area contributed by atoms with Crippen molar-refractivity contribution in [3.8, 4) is 0 Å². The second kappa shape index (κ2) is 6.33. The molecule has 1 aromatic rings. The van der Waals surface area contributed by atoms with Crippen LogP contribution in [0.15, 0.2) is 20.7 Å². The van der Waals surface area contributed by atoms with Crippen LogP contribution in [0, 0.1) is 5.92 Å². The van der Waals surface area contributed by atoms with Gasteiger partial charge in [-0.1, -0.05) is 0 Å². The van der Waals surface area contributed by atoms with E-state index in [9.17, 15) is 18.0 Å². The Hall–Kier alpha value is -1.45. The third-order valence-corrected chi connectivity index (χ3v) is 4.78. The highest BCUT2D eigenvalue weighted by Crippen LogP contribution is 2.13. The summed E-state index contributed by atoms with van der Waals surface area (Å²) in [5.41, 5.74) is -1.65. The quantitative estimate of drug-likeness (QED) is 0.540. The van der Waals surface area contributed by atoms with E-state index in [1.165, 1.54) is 0 Å². The largest absolute Gasteiger partial charge is 0.325 e. The zero-order valence-corrected chi connectivity index (χ0v) is 11.8. The summed E-state index contributed by atoms with van der Waals surface area (Å²) in [6.45, 7) is 2.17. The van der Waals surface area contributed by atoms with E-state index in [1.807, 2.05) is 4.98 Å². The first-order valence-corrected chi connectivity index (χ1v) is 8.00. The Morgan fingerprint density at radius 3 is 2.80 bits per heavy atom. The van der Waals surface area contributed by atoms with Crippen LogP contribution in [-0.2, 0) is 10.0 Å². The number of piperidine rings is 1. The van der Waals surface area contributed by atoms with Crippen molar-refractivity contribution in [3.63, 3.8) is 0 Å². The van der Waals surface area contributed by atoms with Crippen LogP contribution in [0.4, 0.5) is 0 Å². The molecule has 20 heavy (non-hydrogen) atoms. The number of rotatable bonds is 5. The average Bonchev–Trinajstić information content (AvgIpc) is 2.39. The molecule has 0 aromatic carbocycles. The van der Waals surface area contributed by atoms with Gasteiger partial charge in [-0.05, 0) is 38.3 Å². The second-order valence-corrected chi connectivity index (χ2v) is 6.57.